The van der Waals surface area contributed by atoms with Crippen LogP contribution in [-0.2, 0) is 6.42 Å². The summed E-state index contributed by atoms with van der Waals surface area (Å²) in [6, 6.07) is 22.5. The molecule has 0 bridgehead atoms. The van der Waals surface area contributed by atoms with E-state index >= 15 is 0 Å². The van der Waals surface area contributed by atoms with E-state index in [9.17, 15) is 9.90 Å². The fourth-order valence-corrected chi connectivity index (χ4v) is 6.00. The first-order valence-corrected chi connectivity index (χ1v) is 13.9. The molecule has 0 radical (unpaired) electrons. The highest BCUT2D eigenvalue weighted by molar-refractivity contribution is 7.99. The smallest absolute Gasteiger partial charge is 0.255 e. The number of phenols is 1. The molecule has 8 heteroatoms. The van der Waals surface area contributed by atoms with Crippen molar-refractivity contribution < 1.29 is 14.6 Å². The van der Waals surface area contributed by atoms with Crippen LogP contribution in [0, 0.1) is 6.92 Å². The topological polar surface area (TPSA) is 123 Å². The molecule has 1 unspecified atom stereocenters. The number of hydrogen-bond donors (Lipinski definition) is 4. The predicted octanol–water partition coefficient (Wildman–Crippen LogP) is 6.28. The molecule has 4 aromatic rings. The first-order valence-electron chi connectivity index (χ1n) is 12.9. The number of aromatic hydroxyl groups is 1. The number of ether oxygens (including phenoxy) is 1. The molecule has 0 saturated carbocycles. The van der Waals surface area contributed by atoms with Crippen molar-refractivity contribution >= 4 is 45.8 Å². The second kappa shape index (κ2) is 10.9. The van der Waals surface area contributed by atoms with Crippen molar-refractivity contribution in [3.05, 3.63) is 89.5 Å². The van der Waals surface area contributed by atoms with Crippen LogP contribution >= 0.6 is 11.8 Å². The minimum atomic E-state index is -0.281. The van der Waals surface area contributed by atoms with Gasteiger partial charge in [0.1, 0.15) is 17.1 Å². The van der Waals surface area contributed by atoms with Crippen molar-refractivity contribution in [3.63, 3.8) is 0 Å². The summed E-state index contributed by atoms with van der Waals surface area (Å²) in [5.74, 6) is 1.93. The summed E-state index contributed by atoms with van der Waals surface area (Å²) in [7, 11) is 0. The number of nitrogens with two attached hydrogens (primary N) is 2. The Bertz CT molecular complexity index is 1550. The normalized spacial score (nSPS) is 16.3. The summed E-state index contributed by atoms with van der Waals surface area (Å²) in [6.45, 7) is 4.15. The Labute approximate surface area is 232 Å². The van der Waals surface area contributed by atoms with Crippen molar-refractivity contribution in [2.24, 2.45) is 16.5 Å². The summed E-state index contributed by atoms with van der Waals surface area (Å²) in [6.07, 6.45) is 2.67. The minimum Gasteiger partial charge on any atom is -0.507 e. The van der Waals surface area contributed by atoms with E-state index in [1.54, 1.807) is 36.0 Å². The van der Waals surface area contributed by atoms with Gasteiger partial charge in [-0.15, -0.1) is 11.8 Å². The number of aliphatic imine (C=N–C) groups is 1. The first-order chi connectivity index (χ1) is 18.7. The Hall–Kier alpha value is -4.17. The van der Waals surface area contributed by atoms with E-state index < -0.39 is 0 Å². The lowest BCUT2D eigenvalue weighted by atomic mass is 9.86. The molecule has 200 valence electrons. The molecular weight excluding hydrogens is 508 g/mol. The number of anilines is 1. The van der Waals surface area contributed by atoms with Gasteiger partial charge >= 0.3 is 0 Å². The minimum absolute atomic E-state index is 0.0271. The highest BCUT2D eigenvalue weighted by Crippen LogP contribution is 2.46. The number of phenolic OH excluding ortho intramolecular Hbond substituents is 1. The largest absolute Gasteiger partial charge is 0.507 e. The summed E-state index contributed by atoms with van der Waals surface area (Å²) < 4.78 is 6.65. The van der Waals surface area contributed by atoms with Crippen LogP contribution in [-0.4, -0.2) is 28.3 Å². The maximum atomic E-state index is 12.6. The van der Waals surface area contributed by atoms with Gasteiger partial charge < -0.3 is 26.6 Å². The molecule has 6 N–H and O–H groups in total. The average molecular weight is 541 g/mol. The van der Waals surface area contributed by atoms with Crippen LogP contribution in [0.3, 0.4) is 0 Å². The number of benzene rings is 4. The fourth-order valence-electron chi connectivity index (χ4n) is 4.90. The summed E-state index contributed by atoms with van der Waals surface area (Å²) >= 11 is 1.77. The first kappa shape index (κ1) is 26.4. The number of thioether (sulfide) groups is 1. The number of nitrogens with one attached hydrogen (secondary N) is 1. The van der Waals surface area contributed by atoms with Crippen LogP contribution in [0.25, 0.3) is 10.8 Å². The zero-order valence-corrected chi connectivity index (χ0v) is 22.8. The Morgan fingerprint density at radius 1 is 1.05 bits per heavy atom. The third-order valence-corrected chi connectivity index (χ3v) is 8.17. The summed E-state index contributed by atoms with van der Waals surface area (Å²) in [5, 5.41) is 15.4. The molecule has 4 aromatic carbocycles. The lowest BCUT2D eigenvalue weighted by molar-refractivity contribution is 0.0641. The van der Waals surface area contributed by atoms with Gasteiger partial charge in [-0.1, -0.05) is 24.3 Å². The van der Waals surface area contributed by atoms with Crippen molar-refractivity contribution in [2.45, 2.75) is 43.6 Å². The molecule has 1 aliphatic heterocycles. The lowest BCUT2D eigenvalue weighted by Gasteiger charge is -2.37. The molecule has 0 fully saturated rings. The van der Waals surface area contributed by atoms with Gasteiger partial charge in [-0.05, 0) is 87.2 Å². The van der Waals surface area contributed by atoms with Crippen molar-refractivity contribution in [2.75, 3.05) is 11.1 Å². The molecular formula is C31H32N4O3S. The Morgan fingerprint density at radius 3 is 2.44 bits per heavy atom. The quantitative estimate of drug-likeness (QED) is 0.124. The number of nitrogens with zero attached hydrogens (tertiary/aromatic N) is 1. The molecule has 1 atom stereocenters. The van der Waals surface area contributed by atoms with Crippen LogP contribution in [0.1, 0.15) is 41.3 Å². The van der Waals surface area contributed by atoms with Gasteiger partial charge in [0.25, 0.3) is 5.91 Å². The second-order valence-electron chi connectivity index (χ2n) is 10.0. The second-order valence-corrected chi connectivity index (χ2v) is 11.2. The van der Waals surface area contributed by atoms with Crippen LogP contribution in [0.5, 0.6) is 11.5 Å². The van der Waals surface area contributed by atoms with Gasteiger partial charge in [-0.3, -0.25) is 4.79 Å². The van der Waals surface area contributed by atoms with E-state index in [1.165, 1.54) is 0 Å². The summed E-state index contributed by atoms with van der Waals surface area (Å²) in [4.78, 5) is 17.7. The van der Waals surface area contributed by atoms with Gasteiger partial charge in [-0.2, -0.15) is 0 Å². The zero-order valence-electron chi connectivity index (χ0n) is 22.0. The van der Waals surface area contributed by atoms with Crippen molar-refractivity contribution in [3.8, 4) is 11.5 Å². The highest BCUT2D eigenvalue weighted by atomic mass is 32.2. The third-order valence-electron chi connectivity index (χ3n) is 7.16. The van der Waals surface area contributed by atoms with E-state index in [2.05, 4.69) is 17.2 Å². The molecule has 7 nitrogen and oxygen atoms in total. The van der Waals surface area contributed by atoms with Gasteiger partial charge in [0.05, 0.1) is 5.69 Å². The van der Waals surface area contributed by atoms with Gasteiger partial charge in [-0.25, -0.2) is 4.99 Å². The predicted molar refractivity (Wildman–Crippen MR) is 159 cm³/mol. The van der Waals surface area contributed by atoms with E-state index in [-0.39, 0.29) is 17.5 Å². The van der Waals surface area contributed by atoms with Crippen molar-refractivity contribution in [1.82, 2.24) is 0 Å². The number of carbonyl (C=O) groups is 1. The molecule has 0 aliphatic carbocycles. The van der Waals surface area contributed by atoms with E-state index in [0.29, 0.717) is 17.0 Å². The number of carbonyl (C=O) groups excluding carboxylic acids is 1. The van der Waals surface area contributed by atoms with E-state index in [1.807, 2.05) is 55.5 Å². The molecule has 1 amide bonds. The molecule has 0 saturated heterocycles. The van der Waals surface area contributed by atoms with E-state index in [4.69, 9.17) is 16.2 Å². The van der Waals surface area contributed by atoms with Crippen molar-refractivity contribution in [1.29, 1.82) is 0 Å². The Balaban J connectivity index is 1.18. The Morgan fingerprint density at radius 2 is 1.74 bits per heavy atom. The average Bonchev–Trinajstić information content (AvgIpc) is 2.92. The number of guanidine groups is 1. The molecule has 0 spiro atoms. The molecule has 0 aromatic heterocycles. The molecule has 1 heterocycles. The fraction of sp³-hybridized carbons (Fsp3) is 0.226. The maximum Gasteiger partial charge on any atom is 0.255 e. The van der Waals surface area contributed by atoms with Crippen LogP contribution < -0.4 is 21.5 Å². The van der Waals surface area contributed by atoms with Gasteiger partial charge in [0.2, 0.25) is 0 Å². The zero-order chi connectivity index (χ0) is 27.6. The van der Waals surface area contributed by atoms with Crippen LogP contribution in [0.15, 0.2) is 82.7 Å². The highest BCUT2D eigenvalue weighted by Gasteiger charge is 2.34. The maximum absolute atomic E-state index is 12.6. The van der Waals surface area contributed by atoms with Gasteiger partial charge in [0.15, 0.2) is 5.96 Å². The van der Waals surface area contributed by atoms with E-state index in [0.717, 1.165) is 63.2 Å². The molecule has 39 heavy (non-hydrogen) atoms. The number of rotatable bonds is 7. The van der Waals surface area contributed by atoms with Crippen LogP contribution in [0.4, 0.5) is 11.4 Å². The number of fused-ring (bicyclic) bond motifs is 3. The number of hydrogen-bond acceptors (Lipinski definition) is 5. The standard InChI is InChI=1S/C31H32N4O3S/c1-19-24-15-16-31(2,38-28(24)26-6-4-3-5-25(26)27(19)36)17-18-39-23-13-11-21(12-14-23)34-29(37)20-7-9-22(10-8-20)35-30(32)33/h3-14,36H,15-18H2,1-2H3,(H,34,37)(H4,32,33,35). The van der Waals surface area contributed by atoms with Gasteiger partial charge in [0, 0.05) is 38.2 Å². The molecule has 1 aliphatic rings. The molecule has 5 rings (SSSR count). The Kier molecular flexibility index (Phi) is 7.39. The summed E-state index contributed by atoms with van der Waals surface area (Å²) in [5.41, 5.74) is 14.4. The number of amides is 1. The monoisotopic (exact) mass is 540 g/mol. The third kappa shape index (κ3) is 5.81. The lowest BCUT2D eigenvalue weighted by Crippen LogP contribution is -2.37. The SMILES string of the molecule is Cc1c2c(c3ccccc3c1O)OC(C)(CCSc1ccc(NC(=O)c3ccc(N=C(N)N)cc3)cc1)CC2. The van der Waals surface area contributed by atoms with Crippen LogP contribution in [0.2, 0.25) is 0 Å².